The average Bonchev–Trinajstić information content (AvgIpc) is 2.95. The van der Waals surface area contributed by atoms with Crippen molar-refractivity contribution in [2.45, 2.75) is 41.0 Å². The van der Waals surface area contributed by atoms with Crippen LogP contribution < -0.4 is 4.90 Å². The Morgan fingerprint density at radius 1 is 1.00 bits per heavy atom. The van der Waals surface area contributed by atoms with Crippen LogP contribution in [0, 0.1) is 13.8 Å². The molecule has 1 heterocycles. The van der Waals surface area contributed by atoms with E-state index in [2.05, 4.69) is 6.92 Å². The highest BCUT2D eigenvalue weighted by Gasteiger charge is 2.38. The third kappa shape index (κ3) is 4.02. The van der Waals surface area contributed by atoms with E-state index in [1.165, 1.54) is 5.56 Å². The third-order valence-electron chi connectivity index (χ3n) is 5.33. The van der Waals surface area contributed by atoms with Crippen molar-refractivity contribution in [2.75, 3.05) is 11.5 Å². The number of carbonyl (C=O) groups is 2. The lowest BCUT2D eigenvalue weighted by Crippen LogP contribution is -2.24. The number of rotatable bonds is 5. The molecule has 0 saturated carbocycles. The fourth-order valence-electron chi connectivity index (χ4n) is 3.47. The molecule has 0 unspecified atom stereocenters. The second-order valence-corrected chi connectivity index (χ2v) is 7.24. The highest BCUT2D eigenvalue weighted by molar-refractivity contribution is 6.23. The first kappa shape index (κ1) is 20.6. The summed E-state index contributed by atoms with van der Waals surface area (Å²) in [6, 6.07) is 13.9. The molecule has 0 saturated heterocycles. The molecule has 0 N–H and O–H groups in total. The Morgan fingerprint density at radius 3 is 2.28 bits per heavy atom. The molecular weight excluding hydrogens is 362 g/mol. The number of ether oxygens (including phenoxy) is 1. The molecule has 0 radical (unpaired) electrons. The highest BCUT2D eigenvalue weighted by atomic mass is 16.5. The zero-order valence-corrected chi connectivity index (χ0v) is 17.7. The number of allylic oxidation sites excluding steroid dienone is 1. The quantitative estimate of drug-likeness (QED) is 0.526. The molecule has 0 atom stereocenters. The highest BCUT2D eigenvalue weighted by Crippen LogP contribution is 2.36. The van der Waals surface area contributed by atoms with Crippen LogP contribution in [-0.4, -0.2) is 18.5 Å². The first-order valence-corrected chi connectivity index (χ1v) is 9.98. The van der Waals surface area contributed by atoms with Gasteiger partial charge in [-0.3, -0.25) is 9.69 Å². The second kappa shape index (κ2) is 8.48. The van der Waals surface area contributed by atoms with E-state index in [0.717, 1.165) is 28.8 Å². The number of esters is 1. The molecule has 150 valence electrons. The van der Waals surface area contributed by atoms with Crippen molar-refractivity contribution < 1.29 is 14.3 Å². The average molecular weight is 389 g/mol. The molecule has 4 nitrogen and oxygen atoms in total. The molecular formula is C25H27NO3. The van der Waals surface area contributed by atoms with Gasteiger partial charge in [0.2, 0.25) is 0 Å². The van der Waals surface area contributed by atoms with Gasteiger partial charge in [0.05, 0.1) is 17.8 Å². The van der Waals surface area contributed by atoms with Gasteiger partial charge in [-0.1, -0.05) is 37.3 Å². The summed E-state index contributed by atoms with van der Waals surface area (Å²) in [6.07, 6.45) is 2.72. The molecule has 2 aromatic rings. The number of hydrogen-bond acceptors (Lipinski definition) is 3. The lowest BCUT2D eigenvalue weighted by molar-refractivity contribution is -0.138. The van der Waals surface area contributed by atoms with Gasteiger partial charge >= 0.3 is 5.97 Å². The number of aryl methyl sites for hydroxylation is 3. The maximum Gasteiger partial charge on any atom is 0.340 e. The second-order valence-electron chi connectivity index (χ2n) is 7.24. The van der Waals surface area contributed by atoms with Crippen molar-refractivity contribution in [2.24, 2.45) is 0 Å². The smallest absolute Gasteiger partial charge is 0.340 e. The van der Waals surface area contributed by atoms with E-state index in [-0.39, 0.29) is 12.5 Å². The summed E-state index contributed by atoms with van der Waals surface area (Å²) in [4.78, 5) is 27.7. The minimum Gasteiger partial charge on any atom is -0.462 e. The molecule has 0 spiro atoms. The van der Waals surface area contributed by atoms with Crippen LogP contribution in [0.5, 0.6) is 0 Å². The minimum atomic E-state index is -0.471. The van der Waals surface area contributed by atoms with Gasteiger partial charge in [0.25, 0.3) is 5.91 Å². The van der Waals surface area contributed by atoms with Gasteiger partial charge in [-0.05, 0) is 74.6 Å². The molecule has 0 aromatic heterocycles. The maximum atomic E-state index is 13.4. The van der Waals surface area contributed by atoms with Crippen LogP contribution in [-0.2, 0) is 20.7 Å². The molecule has 1 aliphatic rings. The summed E-state index contributed by atoms with van der Waals surface area (Å²) in [6.45, 7) is 9.95. The fourth-order valence-corrected chi connectivity index (χ4v) is 3.47. The summed E-state index contributed by atoms with van der Waals surface area (Å²) in [5.41, 5.74) is 6.38. The lowest BCUT2D eigenvalue weighted by atomic mass is 10.0. The molecule has 1 aliphatic heterocycles. The van der Waals surface area contributed by atoms with Crippen molar-refractivity contribution in [1.82, 2.24) is 0 Å². The van der Waals surface area contributed by atoms with Crippen LogP contribution in [0.3, 0.4) is 0 Å². The number of benzene rings is 2. The van der Waals surface area contributed by atoms with Gasteiger partial charge in [-0.15, -0.1) is 0 Å². The lowest BCUT2D eigenvalue weighted by Gasteiger charge is -2.19. The SMILES string of the molecule is CCOC(=O)C1=C(C)N(c2ccc(C)c(C)c2)C(=O)/C1=C\c1ccc(CC)cc1. The molecule has 0 aliphatic carbocycles. The third-order valence-corrected chi connectivity index (χ3v) is 5.33. The van der Waals surface area contributed by atoms with Crippen LogP contribution in [0.4, 0.5) is 5.69 Å². The Hall–Kier alpha value is -3.14. The number of amides is 1. The number of hydrogen-bond donors (Lipinski definition) is 0. The monoisotopic (exact) mass is 389 g/mol. The molecule has 0 fully saturated rings. The van der Waals surface area contributed by atoms with E-state index >= 15 is 0 Å². The Morgan fingerprint density at radius 2 is 1.69 bits per heavy atom. The normalized spacial score (nSPS) is 15.4. The van der Waals surface area contributed by atoms with E-state index in [1.54, 1.807) is 24.8 Å². The summed E-state index contributed by atoms with van der Waals surface area (Å²) in [5, 5.41) is 0. The molecule has 3 rings (SSSR count). The first-order chi connectivity index (χ1) is 13.9. The van der Waals surface area contributed by atoms with E-state index in [1.807, 2.05) is 56.3 Å². The number of carbonyl (C=O) groups excluding carboxylic acids is 2. The van der Waals surface area contributed by atoms with Crippen molar-refractivity contribution in [3.8, 4) is 0 Å². The van der Waals surface area contributed by atoms with Crippen molar-refractivity contribution in [1.29, 1.82) is 0 Å². The number of anilines is 1. The van der Waals surface area contributed by atoms with Crippen molar-refractivity contribution in [3.63, 3.8) is 0 Å². The largest absolute Gasteiger partial charge is 0.462 e. The van der Waals surface area contributed by atoms with Crippen LogP contribution in [0.15, 0.2) is 59.3 Å². The first-order valence-electron chi connectivity index (χ1n) is 9.98. The zero-order chi connectivity index (χ0) is 21.1. The minimum absolute atomic E-state index is 0.214. The van der Waals surface area contributed by atoms with E-state index in [9.17, 15) is 9.59 Å². The van der Waals surface area contributed by atoms with Crippen LogP contribution in [0.25, 0.3) is 6.08 Å². The Bertz CT molecular complexity index is 1010. The Balaban J connectivity index is 2.11. The zero-order valence-electron chi connectivity index (χ0n) is 17.7. The topological polar surface area (TPSA) is 46.6 Å². The van der Waals surface area contributed by atoms with E-state index in [0.29, 0.717) is 16.8 Å². The molecule has 29 heavy (non-hydrogen) atoms. The summed E-state index contributed by atoms with van der Waals surface area (Å²) < 4.78 is 5.26. The van der Waals surface area contributed by atoms with Gasteiger partial charge in [-0.2, -0.15) is 0 Å². The van der Waals surface area contributed by atoms with Crippen molar-refractivity contribution in [3.05, 3.63) is 81.6 Å². The van der Waals surface area contributed by atoms with Crippen LogP contribution >= 0.6 is 0 Å². The number of nitrogens with zero attached hydrogens (tertiary/aromatic N) is 1. The van der Waals surface area contributed by atoms with Gasteiger partial charge in [-0.25, -0.2) is 4.79 Å². The van der Waals surface area contributed by atoms with Gasteiger partial charge in [0.15, 0.2) is 0 Å². The summed E-state index contributed by atoms with van der Waals surface area (Å²) in [7, 11) is 0. The van der Waals surface area contributed by atoms with Crippen LogP contribution in [0.2, 0.25) is 0 Å². The van der Waals surface area contributed by atoms with Gasteiger partial charge in [0, 0.05) is 11.4 Å². The standard InChI is InChI=1S/C25H27NO3/c1-6-19-9-11-20(12-10-19)15-22-23(25(28)29-7-2)18(5)26(24(22)27)21-13-8-16(3)17(4)14-21/h8-15H,6-7H2,1-5H3/b22-15-. The molecule has 0 bridgehead atoms. The van der Waals surface area contributed by atoms with Gasteiger partial charge in [0.1, 0.15) is 0 Å². The molecule has 1 amide bonds. The summed E-state index contributed by atoms with van der Waals surface area (Å²) >= 11 is 0. The van der Waals surface area contributed by atoms with E-state index < -0.39 is 5.97 Å². The van der Waals surface area contributed by atoms with Gasteiger partial charge < -0.3 is 4.74 Å². The Kier molecular flexibility index (Phi) is 6.02. The van der Waals surface area contributed by atoms with Crippen LogP contribution in [0.1, 0.15) is 43.0 Å². The Labute approximate surface area is 172 Å². The van der Waals surface area contributed by atoms with E-state index in [4.69, 9.17) is 4.74 Å². The predicted molar refractivity (Wildman–Crippen MR) is 117 cm³/mol. The fraction of sp³-hybridized carbons (Fsp3) is 0.280. The molecule has 2 aromatic carbocycles. The predicted octanol–water partition coefficient (Wildman–Crippen LogP) is 5.13. The molecule has 4 heteroatoms. The maximum absolute atomic E-state index is 13.4. The summed E-state index contributed by atoms with van der Waals surface area (Å²) in [5.74, 6) is -0.686. The van der Waals surface area contributed by atoms with Crippen molar-refractivity contribution >= 4 is 23.6 Å².